The van der Waals surface area contributed by atoms with Gasteiger partial charge in [-0.05, 0) is 31.2 Å². The number of rotatable bonds is 8. The SMILES string of the molecule is CC(=O)c1cccc(NC(=O)COC(=O)CCC(=O)Nc2cccc(Cl)c2Cl)c1. The topological polar surface area (TPSA) is 102 Å². The van der Waals surface area contributed by atoms with Crippen molar-refractivity contribution in [1.82, 2.24) is 0 Å². The number of nitrogens with one attached hydrogen (secondary N) is 2. The normalized spacial score (nSPS) is 10.2. The van der Waals surface area contributed by atoms with E-state index in [0.717, 1.165) is 0 Å². The second-order valence-corrected chi connectivity index (χ2v) is 6.78. The number of hydrogen-bond acceptors (Lipinski definition) is 5. The third-order valence-corrected chi connectivity index (χ3v) is 4.52. The van der Waals surface area contributed by atoms with Gasteiger partial charge in [0.1, 0.15) is 0 Å². The van der Waals surface area contributed by atoms with E-state index in [0.29, 0.717) is 22.0 Å². The highest BCUT2D eigenvalue weighted by atomic mass is 35.5. The van der Waals surface area contributed by atoms with E-state index in [4.69, 9.17) is 27.9 Å². The summed E-state index contributed by atoms with van der Waals surface area (Å²) in [5.74, 6) is -1.85. The predicted octanol–water partition coefficient (Wildman–Crippen LogP) is 4.10. The summed E-state index contributed by atoms with van der Waals surface area (Å²) in [6.45, 7) is 0.907. The fraction of sp³-hybridized carbons (Fsp3) is 0.200. The van der Waals surface area contributed by atoms with Crippen molar-refractivity contribution in [1.29, 1.82) is 0 Å². The molecule has 2 aromatic rings. The van der Waals surface area contributed by atoms with Gasteiger partial charge in [0.05, 0.1) is 22.2 Å². The third kappa shape index (κ3) is 7.21. The molecule has 0 atom stereocenters. The lowest BCUT2D eigenvalue weighted by atomic mass is 10.1. The number of hydrogen-bond donors (Lipinski definition) is 2. The molecule has 0 bridgehead atoms. The van der Waals surface area contributed by atoms with Gasteiger partial charge in [-0.1, -0.05) is 41.4 Å². The third-order valence-electron chi connectivity index (χ3n) is 3.70. The number of carbonyl (C=O) groups excluding carboxylic acids is 4. The van der Waals surface area contributed by atoms with Gasteiger partial charge in [0.25, 0.3) is 5.91 Å². The molecule has 0 fully saturated rings. The molecule has 2 rings (SSSR count). The maximum Gasteiger partial charge on any atom is 0.306 e. The molecule has 0 aromatic heterocycles. The molecule has 0 unspecified atom stereocenters. The quantitative estimate of drug-likeness (QED) is 0.479. The lowest BCUT2D eigenvalue weighted by Gasteiger charge is -2.09. The number of carbonyl (C=O) groups is 4. The number of benzene rings is 2. The Labute approximate surface area is 177 Å². The predicted molar refractivity (Wildman–Crippen MR) is 110 cm³/mol. The lowest BCUT2D eigenvalue weighted by molar-refractivity contribution is -0.147. The first-order chi connectivity index (χ1) is 13.8. The highest BCUT2D eigenvalue weighted by molar-refractivity contribution is 6.44. The van der Waals surface area contributed by atoms with E-state index in [9.17, 15) is 19.2 Å². The first-order valence-electron chi connectivity index (χ1n) is 8.56. The first-order valence-corrected chi connectivity index (χ1v) is 9.32. The van der Waals surface area contributed by atoms with Crippen LogP contribution in [0.25, 0.3) is 0 Å². The summed E-state index contributed by atoms with van der Waals surface area (Å²) < 4.78 is 4.85. The van der Waals surface area contributed by atoms with Crippen LogP contribution in [0.15, 0.2) is 42.5 Å². The highest BCUT2D eigenvalue weighted by Crippen LogP contribution is 2.29. The molecular formula is C20H18Cl2N2O5. The van der Waals surface area contributed by atoms with E-state index in [1.54, 1.807) is 36.4 Å². The summed E-state index contributed by atoms with van der Waals surface area (Å²) in [6, 6.07) is 11.2. The van der Waals surface area contributed by atoms with Crippen molar-refractivity contribution >= 4 is 58.1 Å². The first kappa shape index (κ1) is 22.4. The zero-order valence-electron chi connectivity index (χ0n) is 15.5. The van der Waals surface area contributed by atoms with Gasteiger partial charge in [-0.15, -0.1) is 0 Å². The average molecular weight is 437 g/mol. The molecule has 0 radical (unpaired) electrons. The van der Waals surface area contributed by atoms with Gasteiger partial charge in [0.2, 0.25) is 5.91 Å². The van der Waals surface area contributed by atoms with Gasteiger partial charge in [0, 0.05) is 17.7 Å². The molecule has 0 aliphatic carbocycles. The van der Waals surface area contributed by atoms with Gasteiger partial charge in [0.15, 0.2) is 12.4 Å². The molecule has 2 aromatic carbocycles. The summed E-state index contributed by atoms with van der Waals surface area (Å²) in [6.07, 6.45) is -0.360. The van der Waals surface area contributed by atoms with Crippen LogP contribution in [0.1, 0.15) is 30.1 Å². The molecule has 7 nitrogen and oxygen atoms in total. The zero-order chi connectivity index (χ0) is 21.4. The van der Waals surface area contributed by atoms with E-state index in [2.05, 4.69) is 10.6 Å². The number of ketones is 1. The van der Waals surface area contributed by atoms with Crippen molar-refractivity contribution in [2.45, 2.75) is 19.8 Å². The van der Waals surface area contributed by atoms with Crippen molar-refractivity contribution in [3.05, 3.63) is 58.1 Å². The zero-order valence-corrected chi connectivity index (χ0v) is 17.0. The fourth-order valence-electron chi connectivity index (χ4n) is 2.26. The molecule has 0 aliphatic heterocycles. The fourth-order valence-corrected chi connectivity index (χ4v) is 2.61. The van der Waals surface area contributed by atoms with Crippen molar-refractivity contribution in [3.63, 3.8) is 0 Å². The minimum atomic E-state index is -0.704. The molecule has 2 N–H and O–H groups in total. The van der Waals surface area contributed by atoms with Crippen molar-refractivity contribution in [3.8, 4) is 0 Å². The standard InChI is InChI=1S/C20H18Cl2N2O5/c1-12(25)13-4-2-5-14(10-13)23-18(27)11-29-19(28)9-8-17(26)24-16-7-3-6-15(21)20(16)22/h2-7,10H,8-9,11H2,1H3,(H,23,27)(H,24,26). The summed E-state index contributed by atoms with van der Waals surface area (Å²) in [4.78, 5) is 46.9. The van der Waals surface area contributed by atoms with Crippen LogP contribution in [0.5, 0.6) is 0 Å². The lowest BCUT2D eigenvalue weighted by Crippen LogP contribution is -2.22. The van der Waals surface area contributed by atoms with E-state index in [1.165, 1.54) is 13.0 Å². The molecule has 0 spiro atoms. The molecular weight excluding hydrogens is 419 g/mol. The monoisotopic (exact) mass is 436 g/mol. The van der Waals surface area contributed by atoms with Crippen LogP contribution in [0, 0.1) is 0 Å². The Morgan fingerprint density at radius 3 is 2.38 bits per heavy atom. The Hall–Kier alpha value is -2.90. The van der Waals surface area contributed by atoms with Crippen LogP contribution in [0.3, 0.4) is 0 Å². The average Bonchev–Trinajstić information content (AvgIpc) is 2.68. The van der Waals surface area contributed by atoms with Crippen molar-refractivity contribution in [2.75, 3.05) is 17.2 Å². The number of esters is 1. The Morgan fingerprint density at radius 1 is 0.931 bits per heavy atom. The Bertz CT molecular complexity index is 946. The summed E-state index contributed by atoms with van der Waals surface area (Å²) in [7, 11) is 0. The summed E-state index contributed by atoms with van der Waals surface area (Å²) >= 11 is 11.8. The number of amides is 2. The van der Waals surface area contributed by atoms with E-state index in [1.807, 2.05) is 0 Å². The Morgan fingerprint density at radius 2 is 1.66 bits per heavy atom. The van der Waals surface area contributed by atoms with Crippen LogP contribution < -0.4 is 10.6 Å². The van der Waals surface area contributed by atoms with Crippen LogP contribution in [0.2, 0.25) is 10.0 Å². The summed E-state index contributed by atoms with van der Waals surface area (Å²) in [5, 5.41) is 5.57. The van der Waals surface area contributed by atoms with E-state index >= 15 is 0 Å². The molecule has 29 heavy (non-hydrogen) atoms. The van der Waals surface area contributed by atoms with E-state index in [-0.39, 0.29) is 23.6 Å². The van der Waals surface area contributed by atoms with Crippen molar-refractivity contribution in [2.24, 2.45) is 0 Å². The number of Topliss-reactive ketones (excluding diaryl/α,β-unsaturated/α-hetero) is 1. The van der Waals surface area contributed by atoms with Crippen molar-refractivity contribution < 1.29 is 23.9 Å². The van der Waals surface area contributed by atoms with Gasteiger partial charge < -0.3 is 15.4 Å². The van der Waals surface area contributed by atoms with E-state index < -0.39 is 24.4 Å². The largest absolute Gasteiger partial charge is 0.456 e. The molecule has 0 heterocycles. The highest BCUT2D eigenvalue weighted by Gasteiger charge is 2.13. The van der Waals surface area contributed by atoms with Crippen LogP contribution in [0.4, 0.5) is 11.4 Å². The van der Waals surface area contributed by atoms with Gasteiger partial charge in [-0.3, -0.25) is 19.2 Å². The van der Waals surface area contributed by atoms with Crippen LogP contribution in [-0.2, 0) is 19.1 Å². The molecule has 0 aliphatic rings. The minimum Gasteiger partial charge on any atom is -0.456 e. The number of halogens is 2. The van der Waals surface area contributed by atoms with Crippen LogP contribution >= 0.6 is 23.2 Å². The van der Waals surface area contributed by atoms with Gasteiger partial charge in [-0.25, -0.2) is 0 Å². The van der Waals surface area contributed by atoms with Crippen LogP contribution in [-0.4, -0.2) is 30.2 Å². The summed E-state index contributed by atoms with van der Waals surface area (Å²) in [5.41, 5.74) is 1.20. The second kappa shape index (κ2) is 10.6. The minimum absolute atomic E-state index is 0.134. The maximum absolute atomic E-state index is 11.9. The smallest absolute Gasteiger partial charge is 0.306 e. The van der Waals surface area contributed by atoms with Gasteiger partial charge in [-0.2, -0.15) is 0 Å². The Kier molecular flexibility index (Phi) is 8.18. The van der Waals surface area contributed by atoms with Gasteiger partial charge >= 0.3 is 5.97 Å². The molecule has 9 heteroatoms. The molecule has 0 saturated heterocycles. The molecule has 0 saturated carbocycles. The Balaban J connectivity index is 1.74. The second-order valence-electron chi connectivity index (χ2n) is 6.00. The molecule has 2 amide bonds. The number of anilines is 2. The maximum atomic E-state index is 11.9. The molecule has 152 valence electrons. The number of ether oxygens (including phenoxy) is 1.